The molecule has 0 bridgehead atoms. The molecule has 119 valence electrons. The van der Waals surface area contributed by atoms with E-state index in [1.807, 2.05) is 36.4 Å². The van der Waals surface area contributed by atoms with Crippen LogP contribution in [0.25, 0.3) is 22.0 Å². The molecule has 3 rings (SSSR count). The number of aromatic nitrogens is 1. The summed E-state index contributed by atoms with van der Waals surface area (Å²) in [6.07, 6.45) is 0.256. The van der Waals surface area contributed by atoms with Gasteiger partial charge in [0, 0.05) is 38.9 Å². The van der Waals surface area contributed by atoms with Gasteiger partial charge in [-0.15, -0.1) is 23.8 Å². The predicted molar refractivity (Wildman–Crippen MR) is 83.2 cm³/mol. The van der Waals surface area contributed by atoms with Gasteiger partial charge in [-0.2, -0.15) is 0 Å². The average Bonchev–Trinajstić information content (AvgIpc) is 2.55. The zero-order valence-corrected chi connectivity index (χ0v) is 14.3. The molecule has 2 nitrogen and oxygen atoms in total. The van der Waals surface area contributed by atoms with Crippen molar-refractivity contribution in [3.8, 4) is 17.0 Å². The molecule has 0 amide bonds. The molecule has 0 N–H and O–H groups in total. The van der Waals surface area contributed by atoms with E-state index in [9.17, 15) is 8.71 Å². The minimum atomic E-state index is -0.464. The first-order chi connectivity index (χ1) is 10.8. The maximum Gasteiger partial charge on any atom is 0.614 e. The first-order valence-corrected chi connectivity index (χ1v) is 6.87. The normalized spacial score (nSPS) is 10.2. The average molecular weight is 490 g/mol. The number of halogens is 2. The van der Waals surface area contributed by atoms with Gasteiger partial charge in [0.2, 0.25) is 0 Å². The Hall–Kier alpha value is -1.74. The Morgan fingerprint density at radius 3 is 2.74 bits per heavy atom. The predicted octanol–water partition coefficient (Wildman–Crippen LogP) is 4.09. The molecule has 0 unspecified atom stereocenters. The smallest absolute Gasteiger partial charge is 0.550 e. The Morgan fingerprint density at radius 1 is 1.13 bits per heavy atom. The monoisotopic (exact) mass is 490 g/mol. The summed E-state index contributed by atoms with van der Waals surface area (Å²) in [7, 11) is 0.112. The fourth-order valence-corrected chi connectivity index (χ4v) is 2.39. The van der Waals surface area contributed by atoms with E-state index in [0.29, 0.717) is 17.0 Å². The van der Waals surface area contributed by atoms with Gasteiger partial charge >= 0.3 is 7.76 Å². The van der Waals surface area contributed by atoms with Crippen molar-refractivity contribution in [1.82, 2.24) is 4.98 Å². The van der Waals surface area contributed by atoms with Crippen molar-refractivity contribution in [1.29, 1.82) is 0 Å². The van der Waals surface area contributed by atoms with E-state index < -0.39 is 6.67 Å². The number of aryl methyl sites for hydroxylation is 1. The van der Waals surface area contributed by atoms with Gasteiger partial charge in [-0.1, -0.05) is 30.3 Å². The summed E-state index contributed by atoms with van der Waals surface area (Å²) in [5.41, 5.74) is 2.04. The van der Waals surface area contributed by atoms with E-state index in [-0.39, 0.29) is 41.0 Å². The number of pyridine rings is 1. The maximum atomic E-state index is 12.7. The number of rotatable bonds is 5. The Labute approximate surface area is 148 Å². The number of benzene rings is 2. The molecule has 1 aromatic heterocycles. The molecule has 0 spiro atoms. The van der Waals surface area contributed by atoms with Gasteiger partial charge in [0.1, 0.15) is 0 Å². The van der Waals surface area contributed by atoms with Gasteiger partial charge in [0.25, 0.3) is 0 Å². The van der Waals surface area contributed by atoms with Crippen LogP contribution in [0.2, 0.25) is 0 Å². The second-order valence-corrected chi connectivity index (χ2v) is 4.76. The number of hydrogen-bond donors (Lipinski definition) is 0. The minimum absolute atomic E-state index is 0. The van der Waals surface area contributed by atoms with Crippen LogP contribution in [0.1, 0.15) is 5.69 Å². The summed E-state index contributed by atoms with van der Waals surface area (Å²) >= 11 is 0. The molecule has 0 atom stereocenters. The van der Waals surface area contributed by atoms with E-state index in [1.165, 1.54) is 0 Å². The molecule has 1 heterocycles. The third-order valence-electron chi connectivity index (χ3n) is 3.34. The van der Waals surface area contributed by atoms with Gasteiger partial charge in [0.15, 0.2) is 0 Å². The third kappa shape index (κ3) is 3.97. The van der Waals surface area contributed by atoms with Crippen molar-refractivity contribution in [3.63, 3.8) is 0 Å². The van der Waals surface area contributed by atoms with Gasteiger partial charge < -0.3 is 9.64 Å². The Balaban J connectivity index is 0.00000192. The fraction of sp³-hybridized carbons (Fsp3) is 0.118. The van der Waals surface area contributed by atoms with Crippen LogP contribution >= 0.6 is 0 Å². The van der Waals surface area contributed by atoms with Crippen LogP contribution in [0.4, 0.5) is 8.71 Å². The molecule has 1 radical (unpaired) electrons. The summed E-state index contributed by atoms with van der Waals surface area (Å²) in [4.78, 5) is 4.53. The van der Waals surface area contributed by atoms with Gasteiger partial charge in [0.05, 0.1) is 6.67 Å². The quantitative estimate of drug-likeness (QED) is 0.397. The topological polar surface area (TPSA) is 22.1 Å². The largest absolute Gasteiger partial charge is 0.614 e. The zero-order valence-electron chi connectivity index (χ0n) is 12.0. The molecule has 0 aliphatic heterocycles. The minimum Gasteiger partial charge on any atom is -0.550 e. The van der Waals surface area contributed by atoms with Gasteiger partial charge in [-0.3, -0.25) is 8.71 Å². The number of nitrogens with zero attached hydrogens (tertiary/aromatic N) is 1. The standard InChI is InChI=1S/C17H12BF2NO.Pt/c19-9-8-14-10-12-4-1-2-7-16(12)17(21-14)13-5-3-6-15(11-13)22-18-20;/h1-7,10H,8-9H2;/q-1;. The van der Waals surface area contributed by atoms with Crippen LogP contribution in [0.15, 0.2) is 48.5 Å². The molecule has 0 saturated carbocycles. The molecule has 0 aliphatic carbocycles. The summed E-state index contributed by atoms with van der Waals surface area (Å²) in [5.74, 6) is 0.266. The molecule has 23 heavy (non-hydrogen) atoms. The van der Waals surface area contributed by atoms with Crippen molar-refractivity contribution in [2.45, 2.75) is 6.42 Å². The zero-order chi connectivity index (χ0) is 15.4. The summed E-state index contributed by atoms with van der Waals surface area (Å²) in [6, 6.07) is 17.8. The van der Waals surface area contributed by atoms with E-state index in [1.54, 1.807) is 12.1 Å². The second kappa shape index (κ2) is 8.21. The van der Waals surface area contributed by atoms with E-state index in [2.05, 4.69) is 11.1 Å². The molecule has 2 aromatic carbocycles. The van der Waals surface area contributed by atoms with Crippen LogP contribution < -0.4 is 4.65 Å². The van der Waals surface area contributed by atoms with Crippen LogP contribution in [0.3, 0.4) is 0 Å². The van der Waals surface area contributed by atoms with Crippen LogP contribution in [-0.2, 0) is 27.5 Å². The summed E-state index contributed by atoms with van der Waals surface area (Å²) < 4.78 is 29.6. The molecular weight excluding hydrogens is 478 g/mol. The van der Waals surface area contributed by atoms with Crippen LogP contribution in [0, 0.1) is 6.07 Å². The van der Waals surface area contributed by atoms with Crippen molar-refractivity contribution >= 4 is 18.5 Å². The van der Waals surface area contributed by atoms with Gasteiger partial charge in [-0.25, -0.2) is 0 Å². The van der Waals surface area contributed by atoms with Crippen molar-refractivity contribution in [2.24, 2.45) is 0 Å². The maximum absolute atomic E-state index is 12.7. The van der Waals surface area contributed by atoms with E-state index >= 15 is 0 Å². The first kappa shape index (κ1) is 17.6. The van der Waals surface area contributed by atoms with Crippen LogP contribution in [0.5, 0.6) is 5.75 Å². The van der Waals surface area contributed by atoms with Crippen molar-refractivity contribution in [2.75, 3.05) is 6.67 Å². The first-order valence-electron chi connectivity index (χ1n) is 6.87. The Morgan fingerprint density at radius 2 is 1.96 bits per heavy atom. The molecule has 6 heteroatoms. The number of hydrogen-bond acceptors (Lipinski definition) is 2. The van der Waals surface area contributed by atoms with Crippen molar-refractivity contribution < 1.29 is 34.4 Å². The van der Waals surface area contributed by atoms with Crippen LogP contribution in [-0.4, -0.2) is 19.4 Å². The number of alkyl halides is 1. The van der Waals surface area contributed by atoms with E-state index in [4.69, 9.17) is 4.65 Å². The molecule has 0 aliphatic rings. The summed E-state index contributed by atoms with van der Waals surface area (Å²) in [6.45, 7) is -0.464. The Kier molecular flexibility index (Phi) is 6.29. The third-order valence-corrected chi connectivity index (χ3v) is 3.34. The summed E-state index contributed by atoms with van der Waals surface area (Å²) in [5, 5.41) is 1.91. The van der Waals surface area contributed by atoms with E-state index in [0.717, 1.165) is 10.8 Å². The Bertz CT molecular complexity index is 800. The molecule has 0 fully saturated rings. The van der Waals surface area contributed by atoms with Crippen molar-refractivity contribution in [3.05, 3.63) is 60.3 Å². The second-order valence-electron chi connectivity index (χ2n) is 4.76. The fourth-order valence-electron chi connectivity index (χ4n) is 2.39. The number of fused-ring (bicyclic) bond motifs is 1. The molecule has 3 aromatic rings. The van der Waals surface area contributed by atoms with Gasteiger partial charge in [-0.05, 0) is 22.5 Å². The SMILES string of the molecule is F[B]Oc1[c-]c(-c2nc(CCF)cc3ccccc23)ccc1.[Pt]. The molecular formula is C17H12BF2NOPt-. The molecule has 0 saturated heterocycles.